The first-order valence-corrected chi connectivity index (χ1v) is 9.26. The van der Waals surface area contributed by atoms with Gasteiger partial charge in [-0.15, -0.1) is 0 Å². The van der Waals surface area contributed by atoms with Crippen LogP contribution in [0.1, 0.15) is 12.5 Å². The van der Waals surface area contributed by atoms with Crippen LogP contribution in [-0.4, -0.2) is 18.2 Å². The van der Waals surface area contributed by atoms with Crippen LogP contribution in [0.15, 0.2) is 90.0 Å². The predicted molar refractivity (Wildman–Crippen MR) is 117 cm³/mol. The number of rotatable bonds is 5. The zero-order valence-corrected chi connectivity index (χ0v) is 15.6. The van der Waals surface area contributed by atoms with Crippen molar-refractivity contribution in [2.45, 2.75) is 13.0 Å². The summed E-state index contributed by atoms with van der Waals surface area (Å²) in [6.45, 7) is 1.82. The lowest BCUT2D eigenvalue weighted by Gasteiger charge is -2.14. The number of hydrazone groups is 1. The molecule has 4 aromatic carbocycles. The number of carbonyl (C=O) groups excluding carboxylic acids is 1. The average Bonchev–Trinajstić information content (AvgIpc) is 2.73. The SMILES string of the molecule is CC(Nc1ccc2ccccc2c1)C(=O)NN=Cc1ccc2ccccc2c1. The van der Waals surface area contributed by atoms with Gasteiger partial charge in [0.1, 0.15) is 6.04 Å². The van der Waals surface area contributed by atoms with Crippen molar-refractivity contribution < 1.29 is 4.79 Å². The molecule has 4 aromatic rings. The van der Waals surface area contributed by atoms with E-state index in [1.807, 2.05) is 67.6 Å². The van der Waals surface area contributed by atoms with Crippen molar-refractivity contribution in [2.24, 2.45) is 5.10 Å². The highest BCUT2D eigenvalue weighted by Gasteiger charge is 2.11. The van der Waals surface area contributed by atoms with Gasteiger partial charge in [0.2, 0.25) is 0 Å². The lowest BCUT2D eigenvalue weighted by atomic mass is 10.1. The van der Waals surface area contributed by atoms with E-state index in [9.17, 15) is 4.79 Å². The van der Waals surface area contributed by atoms with Gasteiger partial charge < -0.3 is 5.32 Å². The van der Waals surface area contributed by atoms with E-state index in [-0.39, 0.29) is 5.91 Å². The molecule has 4 nitrogen and oxygen atoms in total. The maximum Gasteiger partial charge on any atom is 0.262 e. The van der Waals surface area contributed by atoms with Crippen molar-refractivity contribution in [3.63, 3.8) is 0 Å². The van der Waals surface area contributed by atoms with Crippen molar-refractivity contribution in [1.29, 1.82) is 0 Å². The smallest absolute Gasteiger partial charge is 0.262 e. The van der Waals surface area contributed by atoms with Crippen molar-refractivity contribution in [2.75, 3.05) is 5.32 Å². The Balaban J connectivity index is 1.38. The third kappa shape index (κ3) is 4.01. The van der Waals surface area contributed by atoms with Crippen LogP contribution in [0.2, 0.25) is 0 Å². The number of benzene rings is 4. The Morgan fingerprint density at radius 3 is 2.14 bits per heavy atom. The van der Waals surface area contributed by atoms with Gasteiger partial charge >= 0.3 is 0 Å². The summed E-state index contributed by atoms with van der Waals surface area (Å²) in [6.07, 6.45) is 1.66. The summed E-state index contributed by atoms with van der Waals surface area (Å²) in [5.74, 6) is -0.190. The molecule has 0 saturated heterocycles. The Morgan fingerprint density at radius 1 is 0.821 bits per heavy atom. The van der Waals surface area contributed by atoms with Gasteiger partial charge in [-0.05, 0) is 52.2 Å². The molecule has 0 bridgehead atoms. The van der Waals surface area contributed by atoms with Crippen LogP contribution in [0.25, 0.3) is 21.5 Å². The summed E-state index contributed by atoms with van der Waals surface area (Å²) in [5.41, 5.74) is 4.45. The van der Waals surface area contributed by atoms with Gasteiger partial charge in [-0.2, -0.15) is 5.10 Å². The Kier molecular flexibility index (Phi) is 5.02. The van der Waals surface area contributed by atoms with E-state index >= 15 is 0 Å². The monoisotopic (exact) mass is 367 g/mol. The number of amides is 1. The molecule has 0 fully saturated rings. The number of hydrogen-bond donors (Lipinski definition) is 2. The van der Waals surface area contributed by atoms with Crippen LogP contribution in [0, 0.1) is 0 Å². The van der Waals surface area contributed by atoms with Crippen LogP contribution >= 0.6 is 0 Å². The van der Waals surface area contributed by atoms with Gasteiger partial charge in [0.05, 0.1) is 6.21 Å². The number of nitrogens with zero attached hydrogens (tertiary/aromatic N) is 1. The van der Waals surface area contributed by atoms with E-state index in [2.05, 4.69) is 40.1 Å². The zero-order valence-electron chi connectivity index (χ0n) is 15.6. The quantitative estimate of drug-likeness (QED) is 0.388. The maximum absolute atomic E-state index is 12.3. The minimum Gasteiger partial charge on any atom is -0.374 e. The number of carbonyl (C=O) groups is 1. The Morgan fingerprint density at radius 2 is 1.43 bits per heavy atom. The zero-order chi connectivity index (χ0) is 19.3. The molecule has 0 saturated carbocycles. The largest absolute Gasteiger partial charge is 0.374 e. The van der Waals surface area contributed by atoms with Crippen molar-refractivity contribution in [3.05, 3.63) is 90.5 Å². The highest BCUT2D eigenvalue weighted by Crippen LogP contribution is 2.19. The Bertz CT molecular complexity index is 1170. The summed E-state index contributed by atoms with van der Waals surface area (Å²) < 4.78 is 0. The molecular weight excluding hydrogens is 346 g/mol. The average molecular weight is 367 g/mol. The molecule has 0 heterocycles. The summed E-state index contributed by atoms with van der Waals surface area (Å²) in [6, 6.07) is 28.0. The molecule has 4 heteroatoms. The van der Waals surface area contributed by atoms with Crippen LogP contribution in [-0.2, 0) is 4.79 Å². The van der Waals surface area contributed by atoms with Crippen molar-refractivity contribution in [1.82, 2.24) is 5.43 Å². The fourth-order valence-corrected chi connectivity index (χ4v) is 3.15. The van der Waals surface area contributed by atoms with Crippen molar-refractivity contribution >= 4 is 39.4 Å². The summed E-state index contributed by atoms with van der Waals surface area (Å²) >= 11 is 0. The van der Waals surface area contributed by atoms with Crippen LogP contribution in [0.4, 0.5) is 5.69 Å². The van der Waals surface area contributed by atoms with Gasteiger partial charge in [0.25, 0.3) is 5.91 Å². The number of anilines is 1. The molecule has 28 heavy (non-hydrogen) atoms. The molecule has 0 aliphatic carbocycles. The number of fused-ring (bicyclic) bond motifs is 2. The lowest BCUT2D eigenvalue weighted by molar-refractivity contribution is -0.121. The molecule has 1 unspecified atom stereocenters. The fraction of sp³-hybridized carbons (Fsp3) is 0.0833. The topological polar surface area (TPSA) is 53.5 Å². The molecule has 4 rings (SSSR count). The van der Waals surface area contributed by atoms with Gasteiger partial charge in [-0.25, -0.2) is 5.43 Å². The molecule has 2 N–H and O–H groups in total. The third-order valence-corrected chi connectivity index (χ3v) is 4.69. The van der Waals surface area contributed by atoms with Crippen molar-refractivity contribution in [3.8, 4) is 0 Å². The molecule has 0 aromatic heterocycles. The molecular formula is C24H21N3O. The Hall–Kier alpha value is -3.66. The third-order valence-electron chi connectivity index (χ3n) is 4.69. The molecule has 0 radical (unpaired) electrons. The van der Waals surface area contributed by atoms with Crippen LogP contribution < -0.4 is 10.7 Å². The molecule has 1 atom stereocenters. The van der Waals surface area contributed by atoms with Crippen LogP contribution in [0.5, 0.6) is 0 Å². The highest BCUT2D eigenvalue weighted by atomic mass is 16.2. The highest BCUT2D eigenvalue weighted by molar-refractivity contribution is 5.92. The summed E-state index contributed by atoms with van der Waals surface area (Å²) in [7, 11) is 0. The first kappa shape index (κ1) is 17.7. The van der Waals surface area contributed by atoms with Gasteiger partial charge in [-0.1, -0.05) is 66.7 Å². The van der Waals surface area contributed by atoms with Crippen LogP contribution in [0.3, 0.4) is 0 Å². The second kappa shape index (κ2) is 7.92. The molecule has 138 valence electrons. The van der Waals surface area contributed by atoms with E-state index in [4.69, 9.17) is 0 Å². The number of hydrogen-bond acceptors (Lipinski definition) is 3. The first-order chi connectivity index (χ1) is 13.7. The minimum atomic E-state index is -0.407. The molecule has 0 aliphatic heterocycles. The minimum absolute atomic E-state index is 0.190. The van der Waals surface area contributed by atoms with E-state index in [0.717, 1.165) is 22.0 Å². The normalized spacial score (nSPS) is 12.3. The Labute approximate surface area is 163 Å². The summed E-state index contributed by atoms with van der Waals surface area (Å²) in [5, 5.41) is 11.9. The van der Waals surface area contributed by atoms with E-state index in [1.165, 1.54) is 10.8 Å². The molecule has 1 amide bonds. The first-order valence-electron chi connectivity index (χ1n) is 9.26. The second-order valence-corrected chi connectivity index (χ2v) is 6.77. The maximum atomic E-state index is 12.3. The van der Waals surface area contributed by atoms with Gasteiger partial charge in [0, 0.05) is 5.69 Å². The molecule has 0 spiro atoms. The van der Waals surface area contributed by atoms with E-state index < -0.39 is 6.04 Å². The lowest BCUT2D eigenvalue weighted by Crippen LogP contribution is -2.34. The van der Waals surface area contributed by atoms with Gasteiger partial charge in [0.15, 0.2) is 0 Å². The molecule has 0 aliphatic rings. The predicted octanol–water partition coefficient (Wildman–Crippen LogP) is 4.94. The van der Waals surface area contributed by atoms with E-state index in [1.54, 1.807) is 6.21 Å². The van der Waals surface area contributed by atoms with Gasteiger partial charge in [-0.3, -0.25) is 4.79 Å². The fourth-order valence-electron chi connectivity index (χ4n) is 3.15. The standard InChI is InChI=1S/C24H21N3O/c1-17(26-23-13-12-20-7-3-5-9-22(20)15-23)24(28)27-25-16-18-10-11-19-6-2-4-8-21(19)14-18/h2-17,26H,1H3,(H,27,28). The van der Waals surface area contributed by atoms with E-state index in [0.29, 0.717) is 0 Å². The second-order valence-electron chi connectivity index (χ2n) is 6.77. The number of nitrogens with one attached hydrogen (secondary N) is 2. The summed E-state index contributed by atoms with van der Waals surface area (Å²) in [4.78, 5) is 12.3.